The van der Waals surface area contributed by atoms with Crippen molar-refractivity contribution in [2.75, 3.05) is 14.2 Å². The van der Waals surface area contributed by atoms with Crippen molar-refractivity contribution in [2.24, 2.45) is 0 Å². The lowest BCUT2D eigenvalue weighted by atomic mass is 10.3. The number of aliphatic hydroxyl groups is 1. The van der Waals surface area contributed by atoms with E-state index in [9.17, 15) is 14.7 Å². The van der Waals surface area contributed by atoms with E-state index < -0.39 is 24.4 Å². The molecule has 0 aromatic rings. The van der Waals surface area contributed by atoms with Crippen molar-refractivity contribution >= 4 is 11.9 Å². The molecule has 7 heteroatoms. The Balaban J connectivity index is 0. The molecule has 0 saturated carbocycles. The largest absolute Gasteiger partial charge is 0.478 e. The second-order valence-corrected chi connectivity index (χ2v) is 3.08. The van der Waals surface area contributed by atoms with Gasteiger partial charge in [0.1, 0.15) is 0 Å². The van der Waals surface area contributed by atoms with E-state index >= 15 is 0 Å². The van der Waals surface area contributed by atoms with Crippen molar-refractivity contribution in [2.45, 2.75) is 19.4 Å². The third-order valence-corrected chi connectivity index (χ3v) is 1.56. The van der Waals surface area contributed by atoms with Gasteiger partial charge in [0, 0.05) is 25.9 Å². The number of amides is 1. The third kappa shape index (κ3) is 9.52. The maximum absolute atomic E-state index is 11.0. The van der Waals surface area contributed by atoms with Crippen LogP contribution in [0.3, 0.4) is 0 Å². The van der Waals surface area contributed by atoms with E-state index in [1.165, 1.54) is 21.1 Å². The van der Waals surface area contributed by atoms with E-state index in [1.807, 2.05) is 0 Å². The summed E-state index contributed by atoms with van der Waals surface area (Å²) in [5.74, 6) is -1.42. The van der Waals surface area contributed by atoms with E-state index in [-0.39, 0.29) is 0 Å². The summed E-state index contributed by atoms with van der Waals surface area (Å²) in [7, 11) is 2.73. The van der Waals surface area contributed by atoms with E-state index in [2.05, 4.69) is 18.5 Å². The quantitative estimate of drug-likeness (QED) is 0.454. The maximum atomic E-state index is 11.0. The van der Waals surface area contributed by atoms with Gasteiger partial charge in [-0.3, -0.25) is 4.79 Å². The van der Waals surface area contributed by atoms with Gasteiger partial charge in [0.15, 0.2) is 6.23 Å². The van der Waals surface area contributed by atoms with Crippen LogP contribution in [0.5, 0.6) is 0 Å². The van der Waals surface area contributed by atoms with Gasteiger partial charge in [0.25, 0.3) is 0 Å². The minimum Gasteiger partial charge on any atom is -0.478 e. The summed E-state index contributed by atoms with van der Waals surface area (Å²) in [4.78, 5) is 20.3. The molecule has 0 heterocycles. The second kappa shape index (κ2) is 10.5. The lowest BCUT2D eigenvalue weighted by Crippen LogP contribution is -2.45. The van der Waals surface area contributed by atoms with Gasteiger partial charge >= 0.3 is 5.97 Å². The fourth-order valence-electron chi connectivity index (χ4n) is 0.680. The maximum Gasteiger partial charge on any atom is 0.327 e. The summed E-state index contributed by atoms with van der Waals surface area (Å²) < 4.78 is 9.45. The first-order valence-electron chi connectivity index (χ1n) is 4.85. The Hall–Kier alpha value is -1.70. The smallest absolute Gasteiger partial charge is 0.327 e. The number of carbonyl (C=O) groups is 2. The monoisotopic (exact) mass is 261 g/mol. The molecule has 0 aliphatic rings. The normalized spacial score (nSPS) is 10.9. The average Bonchev–Trinajstić information content (AvgIpc) is 2.31. The minimum absolute atomic E-state index is 0.310. The Kier molecular flexibility index (Phi) is 10.8. The molecule has 1 atom stereocenters. The first-order valence-corrected chi connectivity index (χ1v) is 4.85. The summed E-state index contributed by atoms with van der Waals surface area (Å²) in [6.45, 7) is 7.91. The number of ether oxygens (including phenoxy) is 2. The lowest BCUT2D eigenvalue weighted by molar-refractivity contribution is -0.175. The summed E-state index contributed by atoms with van der Waals surface area (Å²) in [6, 6.07) is 0. The van der Waals surface area contributed by atoms with E-state index in [0.717, 1.165) is 6.08 Å². The highest BCUT2D eigenvalue weighted by atomic mass is 16.7. The Bertz CT molecular complexity index is 298. The molecule has 0 saturated heterocycles. The molecule has 7 nitrogen and oxygen atoms in total. The standard InChI is InChI=1S/C8H15NO4.C3H4O2/c1-5(2)6(10)9-7(11)8(12-3)13-4;1-2-3(4)5/h7-8,11H,1H2,2-4H3,(H,9,10);2H,1H2,(H,4,5). The highest BCUT2D eigenvalue weighted by molar-refractivity contribution is 5.92. The first kappa shape index (κ1) is 18.7. The Labute approximate surface area is 106 Å². The zero-order chi connectivity index (χ0) is 14.7. The molecule has 18 heavy (non-hydrogen) atoms. The molecule has 0 aromatic carbocycles. The number of aliphatic carboxylic acids is 1. The number of rotatable bonds is 6. The number of hydrogen-bond donors (Lipinski definition) is 3. The number of carboxylic acids is 1. The van der Waals surface area contributed by atoms with Gasteiger partial charge in [-0.25, -0.2) is 4.79 Å². The van der Waals surface area contributed by atoms with Crippen LogP contribution < -0.4 is 5.32 Å². The fraction of sp³-hybridized carbons (Fsp3) is 0.455. The van der Waals surface area contributed by atoms with Crippen LogP contribution in [-0.4, -0.2) is 48.8 Å². The predicted molar refractivity (Wildman–Crippen MR) is 64.6 cm³/mol. The molecule has 0 rings (SSSR count). The Morgan fingerprint density at radius 2 is 1.72 bits per heavy atom. The van der Waals surface area contributed by atoms with Crippen molar-refractivity contribution in [3.05, 3.63) is 24.8 Å². The van der Waals surface area contributed by atoms with Gasteiger partial charge in [-0.15, -0.1) is 0 Å². The van der Waals surface area contributed by atoms with Crippen molar-refractivity contribution in [1.82, 2.24) is 5.32 Å². The molecule has 0 bridgehead atoms. The fourth-order valence-corrected chi connectivity index (χ4v) is 0.680. The van der Waals surface area contributed by atoms with Gasteiger partial charge in [-0.1, -0.05) is 13.2 Å². The van der Waals surface area contributed by atoms with Gasteiger partial charge in [0.2, 0.25) is 12.2 Å². The zero-order valence-corrected chi connectivity index (χ0v) is 10.7. The molecule has 0 aliphatic carbocycles. The van der Waals surface area contributed by atoms with Gasteiger partial charge in [0.05, 0.1) is 0 Å². The highest BCUT2D eigenvalue weighted by Gasteiger charge is 2.19. The summed E-state index contributed by atoms with van der Waals surface area (Å²) in [5, 5.41) is 19.2. The van der Waals surface area contributed by atoms with Gasteiger partial charge in [-0.05, 0) is 6.92 Å². The molecule has 0 radical (unpaired) electrons. The zero-order valence-electron chi connectivity index (χ0n) is 10.7. The number of carbonyl (C=O) groups excluding carboxylic acids is 1. The van der Waals surface area contributed by atoms with Crippen LogP contribution in [0.1, 0.15) is 6.92 Å². The molecule has 0 fully saturated rings. The molecule has 0 aromatic heterocycles. The lowest BCUT2D eigenvalue weighted by Gasteiger charge is -2.20. The average molecular weight is 261 g/mol. The highest BCUT2D eigenvalue weighted by Crippen LogP contribution is 1.97. The Morgan fingerprint density at radius 1 is 1.33 bits per heavy atom. The van der Waals surface area contributed by atoms with Crippen molar-refractivity contribution < 1.29 is 29.3 Å². The number of carboxylic acid groups (broad SMARTS) is 1. The van der Waals surface area contributed by atoms with E-state index in [1.54, 1.807) is 0 Å². The molecule has 3 N–H and O–H groups in total. The molecule has 1 amide bonds. The van der Waals surface area contributed by atoms with Gasteiger partial charge in [-0.2, -0.15) is 0 Å². The van der Waals surface area contributed by atoms with Crippen LogP contribution in [0, 0.1) is 0 Å². The Morgan fingerprint density at radius 3 is 1.94 bits per heavy atom. The first-order chi connectivity index (χ1) is 8.29. The van der Waals surface area contributed by atoms with Crippen LogP contribution in [0.2, 0.25) is 0 Å². The second-order valence-electron chi connectivity index (χ2n) is 3.08. The summed E-state index contributed by atoms with van der Waals surface area (Å²) in [5.41, 5.74) is 0.310. The minimum atomic E-state index is -1.20. The van der Waals surface area contributed by atoms with E-state index in [0.29, 0.717) is 5.57 Å². The SMILES string of the molecule is C=C(C)C(=O)NC(O)C(OC)OC.C=CC(=O)O. The molecule has 0 spiro atoms. The molecule has 0 aliphatic heterocycles. The molecular formula is C11H19NO6. The summed E-state index contributed by atoms with van der Waals surface area (Å²) >= 11 is 0. The molecule has 1 unspecified atom stereocenters. The third-order valence-electron chi connectivity index (χ3n) is 1.56. The number of nitrogens with one attached hydrogen (secondary N) is 1. The number of methoxy groups -OCH3 is 2. The number of aliphatic hydroxyl groups excluding tert-OH is 1. The van der Waals surface area contributed by atoms with Crippen LogP contribution in [0.4, 0.5) is 0 Å². The predicted octanol–water partition coefficient (Wildman–Crippen LogP) is -0.127. The van der Waals surface area contributed by atoms with E-state index in [4.69, 9.17) is 14.6 Å². The summed E-state index contributed by atoms with van der Waals surface area (Å²) in [6.07, 6.45) is -1.23. The van der Waals surface area contributed by atoms with Crippen LogP contribution >= 0.6 is 0 Å². The topological polar surface area (TPSA) is 105 Å². The van der Waals surface area contributed by atoms with Crippen LogP contribution in [0.25, 0.3) is 0 Å². The van der Waals surface area contributed by atoms with Crippen molar-refractivity contribution in [3.8, 4) is 0 Å². The van der Waals surface area contributed by atoms with Crippen molar-refractivity contribution in [3.63, 3.8) is 0 Å². The van der Waals surface area contributed by atoms with Crippen LogP contribution in [0.15, 0.2) is 24.8 Å². The molecular weight excluding hydrogens is 242 g/mol. The number of hydrogen-bond acceptors (Lipinski definition) is 5. The van der Waals surface area contributed by atoms with Crippen molar-refractivity contribution in [1.29, 1.82) is 0 Å². The molecule has 104 valence electrons. The van der Waals surface area contributed by atoms with Gasteiger partial charge < -0.3 is 25.0 Å². The van der Waals surface area contributed by atoms with Crippen LogP contribution in [-0.2, 0) is 19.1 Å².